The molecule has 0 saturated carbocycles. The van der Waals surface area contributed by atoms with Crippen LogP contribution in [0.5, 0.6) is 0 Å². The molecule has 0 amide bonds. The van der Waals surface area contributed by atoms with Gasteiger partial charge in [-0.05, 0) is 40.5 Å². The monoisotopic (exact) mass is 325 g/mol. The summed E-state index contributed by atoms with van der Waals surface area (Å²) in [4.78, 5) is -0.0535. The van der Waals surface area contributed by atoms with E-state index in [-0.39, 0.29) is 15.9 Å². The van der Waals surface area contributed by atoms with E-state index in [2.05, 4.69) is 20.7 Å². The zero-order valence-corrected chi connectivity index (χ0v) is 11.6. The number of aliphatic hydroxyl groups excluding tert-OH is 1. The molecule has 0 saturated heterocycles. The van der Waals surface area contributed by atoms with Crippen molar-refractivity contribution in [1.29, 1.82) is 0 Å². The van der Waals surface area contributed by atoms with Crippen LogP contribution in [0.3, 0.4) is 0 Å². The Morgan fingerprint density at radius 3 is 2.71 bits per heavy atom. The first-order valence-corrected chi connectivity index (χ1v) is 7.27. The van der Waals surface area contributed by atoms with Gasteiger partial charge in [-0.2, -0.15) is 0 Å². The van der Waals surface area contributed by atoms with E-state index in [1.165, 1.54) is 6.07 Å². The van der Waals surface area contributed by atoms with Crippen LogP contribution >= 0.6 is 15.9 Å². The van der Waals surface area contributed by atoms with Crippen LogP contribution in [0.15, 0.2) is 27.6 Å². The van der Waals surface area contributed by atoms with Crippen LogP contribution < -0.4 is 4.72 Å². The van der Waals surface area contributed by atoms with Gasteiger partial charge in [0, 0.05) is 11.0 Å². The molecule has 0 radical (unpaired) electrons. The minimum Gasteiger partial charge on any atom is -0.392 e. The summed E-state index contributed by atoms with van der Waals surface area (Å²) in [5.41, 5.74) is 0. The average molecular weight is 326 g/mol. The summed E-state index contributed by atoms with van der Waals surface area (Å²) in [7, 11) is -3.74. The highest BCUT2D eigenvalue weighted by atomic mass is 79.9. The Balaban J connectivity index is 2.90. The molecule has 1 aromatic carbocycles. The van der Waals surface area contributed by atoms with Crippen molar-refractivity contribution in [2.75, 3.05) is 6.54 Å². The standard InChI is InChI=1S/C10H13BrFNO3S/c1-2-8(14)6-13-17(15,16)10-4-3-7(12)5-9(10)11/h3-5,8,13-14H,2,6H2,1H3. The van der Waals surface area contributed by atoms with Gasteiger partial charge in [-0.25, -0.2) is 17.5 Å². The molecule has 0 aliphatic carbocycles. The lowest BCUT2D eigenvalue weighted by Crippen LogP contribution is -2.32. The van der Waals surface area contributed by atoms with Gasteiger partial charge in [0.2, 0.25) is 10.0 Å². The van der Waals surface area contributed by atoms with E-state index in [0.29, 0.717) is 6.42 Å². The van der Waals surface area contributed by atoms with E-state index < -0.39 is 21.9 Å². The Hall–Kier alpha value is -0.500. The summed E-state index contributed by atoms with van der Waals surface area (Å²) in [6.07, 6.45) is -0.281. The molecular weight excluding hydrogens is 313 g/mol. The molecule has 0 aliphatic heterocycles. The molecule has 0 fully saturated rings. The zero-order valence-electron chi connectivity index (χ0n) is 9.15. The molecule has 0 aromatic heterocycles. The van der Waals surface area contributed by atoms with Crippen LogP contribution in [-0.2, 0) is 10.0 Å². The number of aliphatic hydroxyl groups is 1. The molecule has 2 N–H and O–H groups in total. The van der Waals surface area contributed by atoms with Crippen LogP contribution in [0.1, 0.15) is 13.3 Å². The minimum absolute atomic E-state index is 0.0535. The third-order valence-corrected chi connectivity index (χ3v) is 4.56. The van der Waals surface area contributed by atoms with Crippen molar-refractivity contribution < 1.29 is 17.9 Å². The van der Waals surface area contributed by atoms with Crippen molar-refractivity contribution in [2.24, 2.45) is 0 Å². The molecule has 0 aliphatic rings. The van der Waals surface area contributed by atoms with Gasteiger partial charge in [0.05, 0.1) is 11.0 Å². The Kier molecular flexibility index (Phi) is 5.05. The van der Waals surface area contributed by atoms with Gasteiger partial charge in [-0.1, -0.05) is 6.92 Å². The van der Waals surface area contributed by atoms with Gasteiger partial charge < -0.3 is 5.11 Å². The van der Waals surface area contributed by atoms with Gasteiger partial charge in [-0.15, -0.1) is 0 Å². The second-order valence-corrected chi connectivity index (χ2v) is 6.08. The minimum atomic E-state index is -3.74. The van der Waals surface area contributed by atoms with E-state index in [1.807, 2.05) is 0 Å². The zero-order chi connectivity index (χ0) is 13.1. The highest BCUT2D eigenvalue weighted by Crippen LogP contribution is 2.22. The Labute approximate surface area is 108 Å². The maximum atomic E-state index is 12.8. The molecule has 0 heterocycles. The number of sulfonamides is 1. The third kappa shape index (κ3) is 4.02. The summed E-state index contributed by atoms with van der Waals surface area (Å²) in [6.45, 7) is 1.68. The fourth-order valence-electron chi connectivity index (χ4n) is 1.12. The third-order valence-electron chi connectivity index (χ3n) is 2.16. The molecule has 1 aromatic rings. The first kappa shape index (κ1) is 14.6. The normalized spacial score (nSPS) is 13.6. The fourth-order valence-corrected chi connectivity index (χ4v) is 3.24. The SMILES string of the molecule is CCC(O)CNS(=O)(=O)c1ccc(F)cc1Br. The molecule has 0 bridgehead atoms. The van der Waals surface area contributed by atoms with E-state index in [1.54, 1.807) is 6.92 Å². The van der Waals surface area contributed by atoms with Crippen molar-refractivity contribution in [3.8, 4) is 0 Å². The molecule has 1 unspecified atom stereocenters. The lowest BCUT2D eigenvalue weighted by atomic mass is 10.3. The number of benzene rings is 1. The summed E-state index contributed by atoms with van der Waals surface area (Å²) in [6, 6.07) is 3.31. The van der Waals surface area contributed by atoms with Crippen LogP contribution in [0.4, 0.5) is 4.39 Å². The van der Waals surface area contributed by atoms with E-state index in [4.69, 9.17) is 0 Å². The topological polar surface area (TPSA) is 66.4 Å². The molecule has 0 spiro atoms. The fraction of sp³-hybridized carbons (Fsp3) is 0.400. The van der Waals surface area contributed by atoms with Crippen molar-refractivity contribution in [1.82, 2.24) is 4.72 Å². The number of hydrogen-bond donors (Lipinski definition) is 2. The second-order valence-electron chi connectivity index (χ2n) is 3.49. The first-order valence-electron chi connectivity index (χ1n) is 4.99. The van der Waals surface area contributed by atoms with E-state index in [9.17, 15) is 17.9 Å². The molecular formula is C10H13BrFNO3S. The van der Waals surface area contributed by atoms with Gasteiger partial charge in [0.25, 0.3) is 0 Å². The van der Waals surface area contributed by atoms with Crippen molar-refractivity contribution in [3.05, 3.63) is 28.5 Å². The van der Waals surface area contributed by atoms with Gasteiger partial charge >= 0.3 is 0 Å². The maximum Gasteiger partial charge on any atom is 0.241 e. The summed E-state index contributed by atoms with van der Waals surface area (Å²) < 4.78 is 38.8. The van der Waals surface area contributed by atoms with Gasteiger partial charge in [0.15, 0.2) is 0 Å². The van der Waals surface area contributed by atoms with Crippen LogP contribution in [0, 0.1) is 5.82 Å². The average Bonchev–Trinajstić information content (AvgIpc) is 2.25. The second kappa shape index (κ2) is 5.90. The smallest absolute Gasteiger partial charge is 0.241 e. The molecule has 1 atom stereocenters. The Bertz CT molecular complexity index is 492. The van der Waals surface area contributed by atoms with E-state index in [0.717, 1.165) is 12.1 Å². The summed E-state index contributed by atoms with van der Waals surface area (Å²) >= 11 is 2.99. The van der Waals surface area contributed by atoms with Crippen molar-refractivity contribution in [3.63, 3.8) is 0 Å². The lowest BCUT2D eigenvalue weighted by molar-refractivity contribution is 0.174. The highest BCUT2D eigenvalue weighted by Gasteiger charge is 2.18. The maximum absolute atomic E-state index is 12.8. The van der Waals surface area contributed by atoms with Gasteiger partial charge in [0.1, 0.15) is 5.82 Å². The van der Waals surface area contributed by atoms with Crippen LogP contribution in [0.25, 0.3) is 0 Å². The Morgan fingerprint density at radius 1 is 1.53 bits per heavy atom. The van der Waals surface area contributed by atoms with Gasteiger partial charge in [-0.3, -0.25) is 0 Å². The predicted octanol–water partition coefficient (Wildman–Crippen LogP) is 1.64. The first-order chi connectivity index (χ1) is 7.86. The van der Waals surface area contributed by atoms with Crippen LogP contribution in [0.2, 0.25) is 0 Å². The number of nitrogens with one attached hydrogen (secondary N) is 1. The molecule has 1 rings (SSSR count). The van der Waals surface area contributed by atoms with Crippen molar-refractivity contribution in [2.45, 2.75) is 24.3 Å². The molecule has 96 valence electrons. The number of halogens is 2. The molecule has 7 heteroatoms. The van der Waals surface area contributed by atoms with Crippen LogP contribution in [-0.4, -0.2) is 26.2 Å². The Morgan fingerprint density at radius 2 is 2.18 bits per heavy atom. The predicted molar refractivity (Wildman–Crippen MR) is 65.6 cm³/mol. The quantitative estimate of drug-likeness (QED) is 0.864. The highest BCUT2D eigenvalue weighted by molar-refractivity contribution is 9.10. The number of hydrogen-bond acceptors (Lipinski definition) is 3. The number of rotatable bonds is 5. The molecule has 17 heavy (non-hydrogen) atoms. The lowest BCUT2D eigenvalue weighted by Gasteiger charge is -2.11. The largest absolute Gasteiger partial charge is 0.392 e. The van der Waals surface area contributed by atoms with E-state index >= 15 is 0 Å². The summed E-state index contributed by atoms with van der Waals surface area (Å²) in [5, 5.41) is 9.28. The summed E-state index contributed by atoms with van der Waals surface area (Å²) in [5.74, 6) is -0.524. The molecule has 4 nitrogen and oxygen atoms in total. The van der Waals surface area contributed by atoms with Crippen molar-refractivity contribution >= 4 is 26.0 Å².